The Kier molecular flexibility index (Phi) is 4.24. The summed E-state index contributed by atoms with van der Waals surface area (Å²) >= 11 is 1.38. The van der Waals surface area contributed by atoms with Crippen LogP contribution in [0.3, 0.4) is 0 Å². The molecule has 0 saturated heterocycles. The molecule has 0 saturated carbocycles. The van der Waals surface area contributed by atoms with Crippen LogP contribution in [0.5, 0.6) is 0 Å². The second-order valence-corrected chi connectivity index (χ2v) is 5.64. The fourth-order valence-electron chi connectivity index (χ4n) is 2.14. The number of thiazole rings is 1. The van der Waals surface area contributed by atoms with Crippen molar-refractivity contribution in [2.45, 2.75) is 19.4 Å². The number of carbonyl (C=O) groups is 1. The van der Waals surface area contributed by atoms with Crippen molar-refractivity contribution in [3.63, 3.8) is 0 Å². The van der Waals surface area contributed by atoms with Gasteiger partial charge in [0.25, 0.3) is 5.56 Å². The molecule has 0 fully saturated rings. The highest BCUT2D eigenvalue weighted by atomic mass is 32.1. The summed E-state index contributed by atoms with van der Waals surface area (Å²) in [5, 5.41) is 5.71. The van der Waals surface area contributed by atoms with Crippen molar-refractivity contribution in [1.82, 2.24) is 14.5 Å². The van der Waals surface area contributed by atoms with E-state index in [9.17, 15) is 9.59 Å². The Hall–Kier alpha value is -2.54. The van der Waals surface area contributed by atoms with Gasteiger partial charge in [-0.1, -0.05) is 12.1 Å². The van der Waals surface area contributed by atoms with E-state index in [1.807, 2.05) is 18.2 Å². The third kappa shape index (κ3) is 3.20. The minimum absolute atomic E-state index is 0.0778. The molecule has 1 N–H and O–H groups in total. The fourth-order valence-corrected chi connectivity index (χ4v) is 2.69. The summed E-state index contributed by atoms with van der Waals surface area (Å²) in [4.78, 5) is 32.3. The molecule has 7 heteroatoms. The first-order valence-electron chi connectivity index (χ1n) is 6.87. The molecule has 0 radical (unpaired) electrons. The first-order chi connectivity index (χ1) is 10.7. The number of rotatable bonds is 5. The monoisotopic (exact) mass is 314 g/mol. The normalized spacial score (nSPS) is 10.7. The van der Waals surface area contributed by atoms with Crippen LogP contribution < -0.4 is 10.9 Å². The average molecular weight is 314 g/mol. The molecule has 6 nitrogen and oxygen atoms in total. The summed E-state index contributed by atoms with van der Waals surface area (Å²) in [7, 11) is 0. The van der Waals surface area contributed by atoms with Crippen molar-refractivity contribution >= 4 is 33.3 Å². The molecule has 112 valence electrons. The van der Waals surface area contributed by atoms with Gasteiger partial charge in [0, 0.05) is 24.5 Å². The highest BCUT2D eigenvalue weighted by Crippen LogP contribution is 2.11. The Morgan fingerprint density at radius 2 is 2.14 bits per heavy atom. The molecule has 1 amide bonds. The maximum absolute atomic E-state index is 12.3. The Morgan fingerprint density at radius 3 is 2.95 bits per heavy atom. The van der Waals surface area contributed by atoms with Gasteiger partial charge in [0.1, 0.15) is 0 Å². The van der Waals surface area contributed by atoms with Crippen LogP contribution in [0.2, 0.25) is 0 Å². The van der Waals surface area contributed by atoms with Crippen molar-refractivity contribution in [3.8, 4) is 0 Å². The van der Waals surface area contributed by atoms with E-state index in [1.54, 1.807) is 22.2 Å². The molecule has 0 aliphatic rings. The van der Waals surface area contributed by atoms with Crippen LogP contribution in [0.4, 0.5) is 5.13 Å². The zero-order chi connectivity index (χ0) is 15.4. The first-order valence-corrected chi connectivity index (χ1v) is 7.75. The molecule has 0 bridgehead atoms. The number of carbonyl (C=O) groups excluding carboxylic acids is 1. The van der Waals surface area contributed by atoms with Crippen LogP contribution in [0.25, 0.3) is 10.9 Å². The van der Waals surface area contributed by atoms with Crippen molar-refractivity contribution < 1.29 is 4.79 Å². The number of nitrogens with zero attached hydrogens (tertiary/aromatic N) is 3. The number of amides is 1. The van der Waals surface area contributed by atoms with Crippen LogP contribution >= 0.6 is 11.3 Å². The lowest BCUT2D eigenvalue weighted by Crippen LogP contribution is -2.21. The predicted molar refractivity (Wildman–Crippen MR) is 86.0 cm³/mol. The number of anilines is 1. The fraction of sp³-hybridized carbons (Fsp3) is 0.200. The van der Waals surface area contributed by atoms with Crippen molar-refractivity contribution in [1.29, 1.82) is 0 Å². The number of benzene rings is 1. The summed E-state index contributed by atoms with van der Waals surface area (Å²) in [6, 6.07) is 7.23. The molecular formula is C15H14N4O2S. The van der Waals surface area contributed by atoms with E-state index in [0.29, 0.717) is 35.4 Å². The van der Waals surface area contributed by atoms with Crippen molar-refractivity contribution in [2.75, 3.05) is 5.32 Å². The maximum Gasteiger partial charge on any atom is 0.261 e. The van der Waals surface area contributed by atoms with Gasteiger partial charge < -0.3 is 5.32 Å². The molecule has 0 spiro atoms. The van der Waals surface area contributed by atoms with Gasteiger partial charge in [0.15, 0.2) is 5.13 Å². The van der Waals surface area contributed by atoms with Crippen LogP contribution in [-0.2, 0) is 11.3 Å². The third-order valence-electron chi connectivity index (χ3n) is 3.21. The van der Waals surface area contributed by atoms with E-state index < -0.39 is 0 Å². The van der Waals surface area contributed by atoms with Crippen molar-refractivity contribution in [3.05, 3.63) is 52.5 Å². The number of nitrogens with one attached hydrogen (secondary N) is 1. The number of fused-ring (bicyclic) bond motifs is 1. The van der Waals surface area contributed by atoms with Crippen LogP contribution in [0.1, 0.15) is 12.8 Å². The summed E-state index contributed by atoms with van der Waals surface area (Å²) in [5.74, 6) is -0.100. The van der Waals surface area contributed by atoms with E-state index in [4.69, 9.17) is 0 Å². The highest BCUT2D eigenvalue weighted by Gasteiger charge is 2.06. The molecule has 0 atom stereocenters. The first kappa shape index (κ1) is 14.4. The zero-order valence-electron chi connectivity index (χ0n) is 11.7. The van der Waals surface area contributed by atoms with Gasteiger partial charge >= 0.3 is 0 Å². The summed E-state index contributed by atoms with van der Waals surface area (Å²) in [5.41, 5.74) is 0.608. The molecule has 22 heavy (non-hydrogen) atoms. The largest absolute Gasteiger partial charge is 0.302 e. The summed E-state index contributed by atoms with van der Waals surface area (Å²) in [6.07, 6.45) is 4.07. The van der Waals surface area contributed by atoms with Gasteiger partial charge in [-0.05, 0) is 18.6 Å². The molecule has 0 unspecified atom stereocenters. The predicted octanol–water partition coefficient (Wildman–Crippen LogP) is 2.27. The van der Waals surface area contributed by atoms with Gasteiger partial charge in [0.05, 0.1) is 17.2 Å². The Labute approximate surface area is 130 Å². The number of aryl methyl sites for hydroxylation is 1. The van der Waals surface area contributed by atoms with Crippen LogP contribution in [0, 0.1) is 0 Å². The average Bonchev–Trinajstić information content (AvgIpc) is 3.03. The Balaban J connectivity index is 1.61. The molecule has 2 aromatic heterocycles. The standard InChI is InChI=1S/C15H14N4O2S/c20-13(18-15-16-7-9-22-15)6-3-8-19-10-17-12-5-2-1-4-11(12)14(19)21/h1-2,4-5,7,9-10H,3,6,8H2,(H,16,18,20). The second kappa shape index (κ2) is 6.48. The van der Waals surface area contributed by atoms with Crippen LogP contribution in [-0.4, -0.2) is 20.4 Å². The minimum Gasteiger partial charge on any atom is -0.302 e. The highest BCUT2D eigenvalue weighted by molar-refractivity contribution is 7.13. The maximum atomic E-state index is 12.3. The number of hydrogen-bond donors (Lipinski definition) is 1. The molecule has 3 rings (SSSR count). The smallest absolute Gasteiger partial charge is 0.261 e. The van der Waals surface area contributed by atoms with Gasteiger partial charge in [-0.25, -0.2) is 9.97 Å². The van der Waals surface area contributed by atoms with Gasteiger partial charge in [-0.2, -0.15) is 0 Å². The lowest BCUT2D eigenvalue weighted by Gasteiger charge is -2.06. The van der Waals surface area contributed by atoms with E-state index >= 15 is 0 Å². The molecule has 0 aliphatic heterocycles. The molecule has 3 aromatic rings. The molecule has 1 aromatic carbocycles. The van der Waals surface area contributed by atoms with Crippen LogP contribution in [0.15, 0.2) is 47.0 Å². The zero-order valence-corrected chi connectivity index (χ0v) is 12.5. The van der Waals surface area contributed by atoms with Crippen molar-refractivity contribution in [2.24, 2.45) is 0 Å². The lowest BCUT2D eigenvalue weighted by molar-refractivity contribution is -0.116. The third-order valence-corrected chi connectivity index (χ3v) is 3.90. The SMILES string of the molecule is O=C(CCCn1cnc2ccccc2c1=O)Nc1nccs1. The van der Waals surface area contributed by atoms with E-state index in [0.717, 1.165) is 0 Å². The Morgan fingerprint density at radius 1 is 1.27 bits per heavy atom. The van der Waals surface area contributed by atoms with E-state index in [2.05, 4.69) is 15.3 Å². The van der Waals surface area contributed by atoms with E-state index in [1.165, 1.54) is 17.7 Å². The lowest BCUT2D eigenvalue weighted by atomic mass is 10.2. The Bertz CT molecular complexity index is 842. The topological polar surface area (TPSA) is 76.9 Å². The quantitative estimate of drug-likeness (QED) is 0.784. The molecular weight excluding hydrogens is 300 g/mol. The molecule has 2 heterocycles. The molecule has 0 aliphatic carbocycles. The summed E-state index contributed by atoms with van der Waals surface area (Å²) in [6.45, 7) is 0.460. The second-order valence-electron chi connectivity index (χ2n) is 4.75. The minimum atomic E-state index is -0.100. The van der Waals surface area contributed by atoms with Gasteiger partial charge in [-0.3, -0.25) is 14.2 Å². The van der Waals surface area contributed by atoms with Gasteiger partial charge in [0.2, 0.25) is 5.91 Å². The van der Waals surface area contributed by atoms with E-state index in [-0.39, 0.29) is 11.5 Å². The summed E-state index contributed by atoms with van der Waals surface area (Å²) < 4.78 is 1.54. The number of hydrogen-bond acceptors (Lipinski definition) is 5. The number of para-hydroxylation sites is 1. The number of aromatic nitrogens is 3. The van der Waals surface area contributed by atoms with Gasteiger partial charge in [-0.15, -0.1) is 11.3 Å².